The van der Waals surface area contributed by atoms with Crippen molar-refractivity contribution in [2.45, 2.75) is 26.4 Å². The average Bonchev–Trinajstić information content (AvgIpc) is 2.10. The first kappa shape index (κ1) is 11.1. The Labute approximate surface area is 88.8 Å². The molecule has 0 aliphatic carbocycles. The predicted octanol–water partition coefficient (Wildman–Crippen LogP) is 2.87. The highest BCUT2D eigenvalue weighted by Gasteiger charge is 2.04. The maximum absolute atomic E-state index is 10.3. The van der Waals surface area contributed by atoms with Crippen molar-refractivity contribution < 1.29 is 9.53 Å². The zero-order valence-electron chi connectivity index (χ0n) is 8.29. The first-order valence-electron chi connectivity index (χ1n) is 4.52. The van der Waals surface area contributed by atoms with E-state index in [4.69, 9.17) is 16.3 Å². The van der Waals surface area contributed by atoms with Gasteiger partial charge >= 0.3 is 0 Å². The van der Waals surface area contributed by atoms with Gasteiger partial charge < -0.3 is 9.53 Å². The van der Waals surface area contributed by atoms with Crippen LogP contribution in [0.25, 0.3) is 0 Å². The van der Waals surface area contributed by atoms with E-state index in [0.717, 1.165) is 11.8 Å². The molecular weight excluding hydrogens is 200 g/mol. The molecule has 2 nitrogen and oxygen atoms in total. The Kier molecular flexibility index (Phi) is 3.96. The maximum Gasteiger partial charge on any atom is 0.138 e. The van der Waals surface area contributed by atoms with Crippen LogP contribution >= 0.6 is 11.6 Å². The number of benzene rings is 1. The van der Waals surface area contributed by atoms with E-state index >= 15 is 0 Å². The molecule has 0 N–H and O–H groups in total. The first-order valence-corrected chi connectivity index (χ1v) is 4.90. The summed E-state index contributed by atoms with van der Waals surface area (Å²) in [5.41, 5.74) is 0.904. The number of carbonyl (C=O) groups excluding carboxylic acids is 1. The number of halogens is 1. The Hall–Kier alpha value is -1.02. The number of ether oxygens (including phenoxy) is 1. The zero-order valence-corrected chi connectivity index (χ0v) is 9.04. The first-order chi connectivity index (χ1) is 6.63. The van der Waals surface area contributed by atoms with Gasteiger partial charge in [0, 0.05) is 6.42 Å². The molecular formula is C11H13ClO2. The zero-order chi connectivity index (χ0) is 10.6. The Morgan fingerprint density at radius 1 is 1.50 bits per heavy atom. The number of rotatable bonds is 4. The van der Waals surface area contributed by atoms with Crippen molar-refractivity contribution in [1.82, 2.24) is 0 Å². The van der Waals surface area contributed by atoms with Gasteiger partial charge in [-0.3, -0.25) is 0 Å². The summed E-state index contributed by atoms with van der Waals surface area (Å²) in [5, 5.41) is 0.554. The van der Waals surface area contributed by atoms with Crippen molar-refractivity contribution in [3.8, 4) is 5.75 Å². The Balaban J connectivity index is 2.83. The van der Waals surface area contributed by atoms with E-state index in [0.29, 0.717) is 17.2 Å². The highest BCUT2D eigenvalue weighted by atomic mass is 35.5. The third-order valence-electron chi connectivity index (χ3n) is 1.68. The van der Waals surface area contributed by atoms with E-state index in [1.807, 2.05) is 19.9 Å². The van der Waals surface area contributed by atoms with Crippen molar-refractivity contribution in [3.05, 3.63) is 28.8 Å². The SMILES string of the molecule is CC(C)Oc1ccc(CC=O)cc1Cl. The fourth-order valence-electron chi connectivity index (χ4n) is 1.12. The highest BCUT2D eigenvalue weighted by Crippen LogP contribution is 2.26. The van der Waals surface area contributed by atoms with Crippen molar-refractivity contribution >= 4 is 17.9 Å². The normalized spacial score (nSPS) is 10.3. The van der Waals surface area contributed by atoms with Crippen LogP contribution in [-0.2, 0) is 11.2 Å². The molecule has 0 aliphatic rings. The molecule has 1 rings (SSSR count). The number of hydrogen-bond donors (Lipinski definition) is 0. The van der Waals surface area contributed by atoms with Crippen LogP contribution in [0.5, 0.6) is 5.75 Å². The molecule has 0 radical (unpaired) electrons. The minimum Gasteiger partial charge on any atom is -0.489 e. The molecule has 0 fully saturated rings. The monoisotopic (exact) mass is 212 g/mol. The molecule has 0 atom stereocenters. The maximum atomic E-state index is 10.3. The molecule has 0 heterocycles. The van der Waals surface area contributed by atoms with Crippen molar-refractivity contribution in [2.24, 2.45) is 0 Å². The van der Waals surface area contributed by atoms with Gasteiger partial charge in [-0.05, 0) is 31.5 Å². The third kappa shape index (κ3) is 3.04. The molecule has 0 aromatic heterocycles. The van der Waals surface area contributed by atoms with E-state index in [1.165, 1.54) is 0 Å². The molecule has 0 saturated heterocycles. The summed E-state index contributed by atoms with van der Waals surface area (Å²) in [6.45, 7) is 3.88. The van der Waals surface area contributed by atoms with Crippen LogP contribution in [0.4, 0.5) is 0 Å². The van der Waals surface area contributed by atoms with Crippen LogP contribution < -0.4 is 4.74 Å². The van der Waals surface area contributed by atoms with Gasteiger partial charge in [-0.25, -0.2) is 0 Å². The van der Waals surface area contributed by atoms with E-state index in [2.05, 4.69) is 0 Å². The second-order valence-electron chi connectivity index (χ2n) is 3.30. The van der Waals surface area contributed by atoms with Crippen LogP contribution in [0.1, 0.15) is 19.4 Å². The minimum atomic E-state index is 0.101. The quantitative estimate of drug-likeness (QED) is 0.718. The summed E-state index contributed by atoms with van der Waals surface area (Å²) in [6, 6.07) is 5.40. The molecule has 0 unspecified atom stereocenters. The van der Waals surface area contributed by atoms with Gasteiger partial charge in [-0.2, -0.15) is 0 Å². The molecule has 1 aromatic carbocycles. The number of hydrogen-bond acceptors (Lipinski definition) is 2. The van der Waals surface area contributed by atoms with Crippen molar-refractivity contribution in [2.75, 3.05) is 0 Å². The van der Waals surface area contributed by atoms with Crippen LogP contribution in [-0.4, -0.2) is 12.4 Å². The van der Waals surface area contributed by atoms with Crippen LogP contribution in [0.15, 0.2) is 18.2 Å². The molecule has 0 spiro atoms. The minimum absolute atomic E-state index is 0.101. The van der Waals surface area contributed by atoms with Crippen LogP contribution in [0, 0.1) is 0 Å². The van der Waals surface area contributed by atoms with Gasteiger partial charge in [-0.15, -0.1) is 0 Å². The molecule has 0 saturated carbocycles. The Morgan fingerprint density at radius 3 is 2.71 bits per heavy atom. The number of carbonyl (C=O) groups is 1. The van der Waals surface area contributed by atoms with Crippen LogP contribution in [0.3, 0.4) is 0 Å². The second kappa shape index (κ2) is 5.01. The van der Waals surface area contributed by atoms with Gasteiger partial charge in [0.25, 0.3) is 0 Å². The summed E-state index contributed by atoms with van der Waals surface area (Å²) in [5.74, 6) is 0.663. The second-order valence-corrected chi connectivity index (χ2v) is 3.71. The van der Waals surface area contributed by atoms with E-state index < -0.39 is 0 Å². The van der Waals surface area contributed by atoms with Crippen molar-refractivity contribution in [1.29, 1.82) is 0 Å². The summed E-state index contributed by atoms with van der Waals surface area (Å²) < 4.78 is 5.46. The van der Waals surface area contributed by atoms with Crippen LogP contribution in [0.2, 0.25) is 5.02 Å². The Morgan fingerprint density at radius 2 is 2.21 bits per heavy atom. The molecule has 1 aromatic rings. The van der Waals surface area contributed by atoms with Gasteiger partial charge in [0.15, 0.2) is 0 Å². The fraction of sp³-hybridized carbons (Fsp3) is 0.364. The van der Waals surface area contributed by atoms with Gasteiger partial charge in [0.2, 0.25) is 0 Å². The predicted molar refractivity (Wildman–Crippen MR) is 57.0 cm³/mol. The van der Waals surface area contributed by atoms with Crippen molar-refractivity contribution in [3.63, 3.8) is 0 Å². The van der Waals surface area contributed by atoms with E-state index in [1.54, 1.807) is 12.1 Å². The van der Waals surface area contributed by atoms with E-state index in [-0.39, 0.29) is 6.10 Å². The fourth-order valence-corrected chi connectivity index (χ4v) is 1.36. The smallest absolute Gasteiger partial charge is 0.138 e. The highest BCUT2D eigenvalue weighted by molar-refractivity contribution is 6.32. The molecule has 0 amide bonds. The summed E-state index contributed by atoms with van der Waals surface area (Å²) in [7, 11) is 0. The lowest BCUT2D eigenvalue weighted by Gasteiger charge is -2.11. The number of aldehydes is 1. The largest absolute Gasteiger partial charge is 0.489 e. The summed E-state index contributed by atoms with van der Waals surface area (Å²) >= 11 is 5.97. The van der Waals surface area contributed by atoms with E-state index in [9.17, 15) is 4.79 Å². The molecule has 0 bridgehead atoms. The molecule has 0 aliphatic heterocycles. The third-order valence-corrected chi connectivity index (χ3v) is 1.97. The molecule has 3 heteroatoms. The van der Waals surface area contributed by atoms with Gasteiger partial charge in [0.05, 0.1) is 11.1 Å². The lowest BCUT2D eigenvalue weighted by atomic mass is 10.1. The lowest BCUT2D eigenvalue weighted by molar-refractivity contribution is -0.107. The van der Waals surface area contributed by atoms with Gasteiger partial charge in [-0.1, -0.05) is 17.7 Å². The summed E-state index contributed by atoms with van der Waals surface area (Å²) in [4.78, 5) is 10.3. The molecule has 76 valence electrons. The molecule has 14 heavy (non-hydrogen) atoms. The standard InChI is InChI=1S/C11H13ClO2/c1-8(2)14-11-4-3-9(5-6-13)7-10(11)12/h3-4,6-8H,5H2,1-2H3. The summed E-state index contributed by atoms with van der Waals surface area (Å²) in [6.07, 6.45) is 1.35. The topological polar surface area (TPSA) is 26.3 Å². The Bertz CT molecular complexity index is 321. The lowest BCUT2D eigenvalue weighted by Crippen LogP contribution is -2.05. The average molecular weight is 213 g/mol. The van der Waals surface area contributed by atoms with Gasteiger partial charge in [0.1, 0.15) is 12.0 Å².